The molecule has 2 heterocycles. The molecule has 0 saturated heterocycles. The molecule has 0 fully saturated rings. The first kappa shape index (κ1) is 16.4. The topological polar surface area (TPSA) is 119 Å². The molecule has 0 radical (unpaired) electrons. The molecular formula is C11H15N5O4S2. The van der Waals surface area contributed by atoms with Gasteiger partial charge in [0.1, 0.15) is 9.90 Å². The molecule has 11 heteroatoms. The molecule has 2 N–H and O–H groups in total. The molecule has 0 spiro atoms. The maximum atomic E-state index is 11.9. The first-order valence-corrected chi connectivity index (χ1v) is 8.64. The molecular weight excluding hydrogens is 330 g/mol. The predicted octanol–water partition coefficient (Wildman–Crippen LogP) is 1.09. The van der Waals surface area contributed by atoms with E-state index in [1.807, 2.05) is 0 Å². The van der Waals surface area contributed by atoms with Crippen molar-refractivity contribution in [3.05, 3.63) is 33.3 Å². The number of nitrogens with zero attached hydrogens (tertiary/aromatic N) is 3. The fourth-order valence-corrected chi connectivity index (χ4v) is 3.99. The third kappa shape index (κ3) is 3.43. The summed E-state index contributed by atoms with van der Waals surface area (Å²) in [6.07, 6.45) is 0. The highest BCUT2D eigenvalue weighted by Gasteiger charge is 2.23. The van der Waals surface area contributed by atoms with E-state index in [4.69, 9.17) is 0 Å². The Bertz CT molecular complexity index is 767. The molecule has 2 rings (SSSR count). The Hall–Kier alpha value is -1.98. The van der Waals surface area contributed by atoms with Crippen molar-refractivity contribution in [2.24, 2.45) is 7.05 Å². The predicted molar refractivity (Wildman–Crippen MR) is 82.6 cm³/mol. The van der Waals surface area contributed by atoms with Gasteiger partial charge >= 0.3 is 5.69 Å². The van der Waals surface area contributed by atoms with Crippen LogP contribution in [0.15, 0.2) is 21.7 Å². The molecule has 120 valence electrons. The minimum Gasteiger partial charge on any atom is -0.363 e. The zero-order valence-electron chi connectivity index (χ0n) is 11.9. The molecule has 0 amide bonds. The van der Waals surface area contributed by atoms with Gasteiger partial charge in [-0.1, -0.05) is 6.07 Å². The highest BCUT2D eigenvalue weighted by molar-refractivity contribution is 7.91. The van der Waals surface area contributed by atoms with Gasteiger partial charge in [-0.15, -0.1) is 11.3 Å². The molecule has 22 heavy (non-hydrogen) atoms. The third-order valence-electron chi connectivity index (χ3n) is 2.84. The van der Waals surface area contributed by atoms with Gasteiger partial charge in [-0.25, -0.2) is 17.8 Å². The first-order valence-electron chi connectivity index (χ1n) is 6.28. The van der Waals surface area contributed by atoms with E-state index in [1.165, 1.54) is 10.7 Å². The Morgan fingerprint density at radius 3 is 2.77 bits per heavy atom. The lowest BCUT2D eigenvalue weighted by atomic mass is 10.4. The second kappa shape index (κ2) is 6.42. The number of nitrogens with one attached hydrogen (secondary N) is 2. The second-order valence-corrected chi connectivity index (χ2v) is 7.36. The number of aromatic nitrogens is 2. The normalized spacial score (nSPS) is 11.5. The number of aryl methyl sites for hydroxylation is 2. The Labute approximate surface area is 131 Å². The number of hydrogen-bond acceptors (Lipinski definition) is 7. The lowest BCUT2D eigenvalue weighted by Crippen LogP contribution is -2.28. The van der Waals surface area contributed by atoms with E-state index in [1.54, 1.807) is 25.4 Å². The largest absolute Gasteiger partial charge is 0.363 e. The Morgan fingerprint density at radius 1 is 1.45 bits per heavy atom. The van der Waals surface area contributed by atoms with Crippen molar-refractivity contribution < 1.29 is 13.3 Å². The summed E-state index contributed by atoms with van der Waals surface area (Å²) < 4.78 is 27.8. The minimum atomic E-state index is -3.53. The van der Waals surface area contributed by atoms with E-state index in [0.29, 0.717) is 5.69 Å². The number of anilines is 1. The first-order chi connectivity index (χ1) is 10.3. The van der Waals surface area contributed by atoms with Gasteiger partial charge in [-0.3, -0.25) is 10.1 Å². The number of hydrogen-bond donors (Lipinski definition) is 2. The zero-order valence-corrected chi connectivity index (χ0v) is 13.6. The lowest BCUT2D eigenvalue weighted by molar-refractivity contribution is -0.384. The fourth-order valence-electron chi connectivity index (χ4n) is 1.92. The number of thiophene rings is 1. The number of nitro groups is 1. The van der Waals surface area contributed by atoms with Crippen molar-refractivity contribution in [2.75, 3.05) is 18.4 Å². The average Bonchev–Trinajstić information content (AvgIpc) is 3.03. The standard InChI is InChI=1S/C11H15N5O4S2/c1-8-10(16(17)18)11(15(2)14-8)12-5-6-13-22(19,20)9-4-3-7-21-9/h3-4,7,12-13H,5-6H2,1-2H3. The quantitative estimate of drug-likeness (QED) is 0.440. The van der Waals surface area contributed by atoms with Gasteiger partial charge in [0.2, 0.25) is 15.8 Å². The van der Waals surface area contributed by atoms with E-state index >= 15 is 0 Å². The second-order valence-electron chi connectivity index (χ2n) is 4.42. The van der Waals surface area contributed by atoms with Gasteiger partial charge in [-0.05, 0) is 18.4 Å². The van der Waals surface area contributed by atoms with Crippen LogP contribution in [0.3, 0.4) is 0 Å². The van der Waals surface area contributed by atoms with Crippen molar-refractivity contribution in [2.45, 2.75) is 11.1 Å². The highest BCUT2D eigenvalue weighted by atomic mass is 32.2. The molecule has 0 aliphatic rings. The van der Waals surface area contributed by atoms with Crippen LogP contribution in [-0.2, 0) is 17.1 Å². The molecule has 9 nitrogen and oxygen atoms in total. The molecule has 0 aliphatic heterocycles. The summed E-state index contributed by atoms with van der Waals surface area (Å²) >= 11 is 1.12. The van der Waals surface area contributed by atoms with Crippen molar-refractivity contribution in [3.63, 3.8) is 0 Å². The molecule has 2 aromatic heterocycles. The van der Waals surface area contributed by atoms with Crippen molar-refractivity contribution in [3.8, 4) is 0 Å². The maximum Gasteiger partial charge on any atom is 0.333 e. The molecule has 2 aromatic rings. The van der Waals surface area contributed by atoms with Crippen molar-refractivity contribution in [1.82, 2.24) is 14.5 Å². The summed E-state index contributed by atoms with van der Waals surface area (Å²) in [5.74, 6) is 0.248. The zero-order chi connectivity index (χ0) is 16.3. The van der Waals surface area contributed by atoms with Crippen LogP contribution in [0.2, 0.25) is 0 Å². The third-order valence-corrected chi connectivity index (χ3v) is 5.70. The summed E-state index contributed by atoms with van der Waals surface area (Å²) in [7, 11) is -1.95. The van der Waals surface area contributed by atoms with Crippen LogP contribution in [-0.4, -0.2) is 36.2 Å². The SMILES string of the molecule is Cc1nn(C)c(NCCNS(=O)(=O)c2cccs2)c1[N+](=O)[O-]. The van der Waals surface area contributed by atoms with Gasteiger partial charge < -0.3 is 5.32 Å². The number of sulfonamides is 1. The van der Waals surface area contributed by atoms with Crippen LogP contribution in [0, 0.1) is 17.0 Å². The minimum absolute atomic E-state index is 0.0988. The average molecular weight is 345 g/mol. The summed E-state index contributed by atoms with van der Waals surface area (Å²) in [5.41, 5.74) is 0.192. The molecule has 0 unspecified atom stereocenters. The van der Waals surface area contributed by atoms with Crippen LogP contribution in [0.4, 0.5) is 11.5 Å². The van der Waals surface area contributed by atoms with Gasteiger partial charge in [-0.2, -0.15) is 5.10 Å². The maximum absolute atomic E-state index is 11.9. The van der Waals surface area contributed by atoms with Crippen molar-refractivity contribution in [1.29, 1.82) is 0 Å². The van der Waals surface area contributed by atoms with Crippen LogP contribution in [0.25, 0.3) is 0 Å². The smallest absolute Gasteiger partial charge is 0.333 e. The molecule has 0 aliphatic carbocycles. The van der Waals surface area contributed by atoms with Crippen molar-refractivity contribution >= 4 is 32.9 Å². The molecule has 0 atom stereocenters. The van der Waals surface area contributed by atoms with E-state index in [2.05, 4.69) is 15.1 Å². The van der Waals surface area contributed by atoms with Gasteiger partial charge in [0, 0.05) is 20.1 Å². The fraction of sp³-hybridized carbons (Fsp3) is 0.364. The summed E-state index contributed by atoms with van der Waals surface area (Å²) in [4.78, 5) is 10.5. The van der Waals surface area contributed by atoms with E-state index in [9.17, 15) is 18.5 Å². The highest BCUT2D eigenvalue weighted by Crippen LogP contribution is 2.26. The lowest BCUT2D eigenvalue weighted by Gasteiger charge is -2.07. The summed E-state index contributed by atoms with van der Waals surface area (Å²) in [5, 5.41) is 19.5. The van der Waals surface area contributed by atoms with Gasteiger partial charge in [0.25, 0.3) is 0 Å². The van der Waals surface area contributed by atoms with Crippen LogP contribution in [0.5, 0.6) is 0 Å². The monoisotopic (exact) mass is 345 g/mol. The van der Waals surface area contributed by atoms with E-state index < -0.39 is 14.9 Å². The van der Waals surface area contributed by atoms with E-state index in [-0.39, 0.29) is 28.8 Å². The Kier molecular flexibility index (Phi) is 4.78. The van der Waals surface area contributed by atoms with Crippen LogP contribution < -0.4 is 10.0 Å². The van der Waals surface area contributed by atoms with E-state index in [0.717, 1.165) is 11.3 Å². The summed E-state index contributed by atoms with van der Waals surface area (Å²) in [6, 6.07) is 3.16. The Morgan fingerprint density at radius 2 is 2.18 bits per heavy atom. The van der Waals surface area contributed by atoms with Crippen LogP contribution >= 0.6 is 11.3 Å². The van der Waals surface area contributed by atoms with Crippen LogP contribution in [0.1, 0.15) is 5.69 Å². The molecule has 0 bridgehead atoms. The van der Waals surface area contributed by atoms with Gasteiger partial charge in [0.15, 0.2) is 0 Å². The summed E-state index contributed by atoms with van der Waals surface area (Å²) in [6.45, 7) is 1.84. The number of rotatable bonds is 7. The molecule has 0 saturated carbocycles. The van der Waals surface area contributed by atoms with Gasteiger partial charge in [0.05, 0.1) is 4.92 Å². The molecule has 0 aromatic carbocycles. The Balaban J connectivity index is 1.97.